The molecule has 2 rings (SSSR count). The van der Waals surface area contributed by atoms with Gasteiger partial charge in [-0.3, -0.25) is 14.4 Å². The molecule has 230 valence electrons. The predicted molar refractivity (Wildman–Crippen MR) is 157 cm³/mol. The maximum Gasteiger partial charge on any atom is 0.405 e. The summed E-state index contributed by atoms with van der Waals surface area (Å²) in [6.45, 7) is 10.6. The van der Waals surface area contributed by atoms with Gasteiger partial charge in [0.05, 0.1) is 17.5 Å². The minimum atomic E-state index is -1.46. The van der Waals surface area contributed by atoms with E-state index in [-0.39, 0.29) is 47.8 Å². The van der Waals surface area contributed by atoms with Crippen LogP contribution in [0.5, 0.6) is 0 Å². The summed E-state index contributed by atoms with van der Waals surface area (Å²) in [6.07, 6.45) is 4.07. The molecule has 0 aromatic rings. The average Bonchev–Trinajstić information content (AvgIpc) is 2.94. The first-order valence-corrected chi connectivity index (χ1v) is 13.7. The highest BCUT2D eigenvalue weighted by atomic mass is 19.1. The smallest absolute Gasteiger partial charge is 0.405 e. The van der Waals surface area contributed by atoms with Crippen molar-refractivity contribution in [2.24, 2.45) is 17.6 Å². The number of primary amides is 1. The van der Waals surface area contributed by atoms with Gasteiger partial charge in [0, 0.05) is 43.9 Å². The molecule has 0 saturated heterocycles. The summed E-state index contributed by atoms with van der Waals surface area (Å²) >= 11 is 0. The Labute approximate surface area is 246 Å². The maximum absolute atomic E-state index is 15.8. The molecule has 6 atom stereocenters. The van der Waals surface area contributed by atoms with E-state index in [4.69, 9.17) is 19.9 Å². The molecule has 0 radical (unpaired) electrons. The molecule has 2 bridgehead atoms. The molecule has 0 aromatic heterocycles. The van der Waals surface area contributed by atoms with Gasteiger partial charge in [-0.1, -0.05) is 44.2 Å². The van der Waals surface area contributed by atoms with E-state index in [0.717, 1.165) is 6.08 Å². The second-order valence-corrected chi connectivity index (χ2v) is 10.6. The molecule has 1 heterocycles. The fourth-order valence-electron chi connectivity index (χ4n) is 4.93. The normalized spacial score (nSPS) is 31.6. The third kappa shape index (κ3) is 9.09. The van der Waals surface area contributed by atoms with Crippen molar-refractivity contribution in [2.75, 3.05) is 20.8 Å². The molecule has 4 N–H and O–H groups in total. The first-order valence-electron chi connectivity index (χ1n) is 13.7. The zero-order valence-electron chi connectivity index (χ0n) is 25.1. The van der Waals surface area contributed by atoms with Crippen LogP contribution < -0.4 is 16.4 Å². The lowest BCUT2D eigenvalue weighted by molar-refractivity contribution is -0.120. The highest BCUT2D eigenvalue weighted by Crippen LogP contribution is 2.29. The number of ketones is 2. The molecule has 1 aliphatic heterocycles. The largest absolute Gasteiger partial charge is 0.439 e. The Morgan fingerprint density at radius 2 is 1.90 bits per heavy atom. The summed E-state index contributed by atoms with van der Waals surface area (Å²) in [5, 5.41) is 5.48. The van der Waals surface area contributed by atoms with Gasteiger partial charge in [-0.15, -0.1) is 6.58 Å². The fourth-order valence-corrected chi connectivity index (χ4v) is 4.93. The summed E-state index contributed by atoms with van der Waals surface area (Å²) in [4.78, 5) is 51.2. The van der Waals surface area contributed by atoms with Crippen molar-refractivity contribution < 1.29 is 37.8 Å². The van der Waals surface area contributed by atoms with E-state index in [9.17, 15) is 19.2 Å². The Morgan fingerprint density at radius 3 is 2.50 bits per heavy atom. The Bertz CT molecular complexity index is 1220. The quantitative estimate of drug-likeness (QED) is 0.316. The molecule has 0 unspecified atom stereocenters. The van der Waals surface area contributed by atoms with E-state index in [1.54, 1.807) is 32.1 Å². The van der Waals surface area contributed by atoms with E-state index in [1.165, 1.54) is 33.3 Å². The number of methoxy groups -OCH3 is 2. The number of Topliss-reactive ketones (excluding diaryl/α,β-unsaturated/α-hetero) is 1. The molecular formula is C31H42FN3O7. The number of alkyl halides is 1. The molecular weight excluding hydrogens is 545 g/mol. The number of nitrogens with one attached hydrogen (secondary N) is 2. The minimum absolute atomic E-state index is 0.120. The van der Waals surface area contributed by atoms with Crippen molar-refractivity contribution in [2.45, 2.75) is 65.0 Å². The SMILES string of the molecule is C=CCNC1=C2C[C@@H](C)C[C@H](OC)[C@@H](F)[C@@H](C)/C=C(\C)[C@H](OC(N)=O)[C@@H](OC)/C=C/C=C(/C)C(=O)NC(=CC1=O)C2=O. The van der Waals surface area contributed by atoms with E-state index in [0.29, 0.717) is 5.57 Å². The van der Waals surface area contributed by atoms with E-state index < -0.39 is 54.0 Å². The van der Waals surface area contributed by atoms with Crippen molar-refractivity contribution >= 4 is 23.6 Å². The molecule has 0 saturated carbocycles. The number of carbonyl (C=O) groups is 4. The Balaban J connectivity index is 2.62. The minimum Gasteiger partial charge on any atom is -0.439 e. The topological polar surface area (TPSA) is 146 Å². The van der Waals surface area contributed by atoms with Gasteiger partial charge in [-0.05, 0) is 38.2 Å². The average molecular weight is 588 g/mol. The molecule has 42 heavy (non-hydrogen) atoms. The standard InChI is InChI=1S/C31H42FN3O7/c1-8-12-34-27-21-13-17(2)14-25(41-7)26(32)19(4)15-20(5)29(42-31(33)39)24(40-6)11-9-10-18(3)30(38)35-22(28(21)37)16-23(27)36/h8-11,15-17,19,24-26,29,34H,1,12-14H2,2-7H3,(H2,33,39)(H,35,38)/b11-9+,18-10-,20-15+/t17-,19+,24+,25+,26+,29+/m1/s1. The van der Waals surface area contributed by atoms with Gasteiger partial charge < -0.3 is 30.6 Å². The van der Waals surface area contributed by atoms with Crippen molar-refractivity contribution in [3.63, 3.8) is 0 Å². The van der Waals surface area contributed by atoms with Gasteiger partial charge in [0.2, 0.25) is 11.6 Å². The number of nitrogens with two attached hydrogens (primary N) is 1. The lowest BCUT2D eigenvalue weighted by Crippen LogP contribution is -2.37. The van der Waals surface area contributed by atoms with Gasteiger partial charge in [0.15, 0.2) is 6.10 Å². The van der Waals surface area contributed by atoms with Gasteiger partial charge in [0.1, 0.15) is 12.3 Å². The summed E-state index contributed by atoms with van der Waals surface area (Å²) in [5.41, 5.74) is 6.20. The molecule has 0 fully saturated rings. The Hall–Kier alpha value is -3.83. The Morgan fingerprint density at radius 1 is 1.21 bits per heavy atom. The van der Waals surface area contributed by atoms with Crippen LogP contribution in [0.2, 0.25) is 0 Å². The van der Waals surface area contributed by atoms with Crippen LogP contribution in [0.25, 0.3) is 0 Å². The number of carbonyl (C=O) groups excluding carboxylic acids is 4. The molecule has 10 nitrogen and oxygen atoms in total. The molecule has 1 aliphatic carbocycles. The number of allylic oxidation sites excluding steroid dienone is 5. The molecule has 11 heteroatoms. The molecule has 2 amide bonds. The van der Waals surface area contributed by atoms with Crippen LogP contribution in [0.15, 0.2) is 71.1 Å². The first kappa shape index (κ1) is 34.4. The first-order chi connectivity index (χ1) is 19.8. The van der Waals surface area contributed by atoms with Gasteiger partial charge >= 0.3 is 6.09 Å². The number of hydrogen-bond donors (Lipinski definition) is 3. The van der Waals surface area contributed by atoms with Crippen LogP contribution in [0, 0.1) is 11.8 Å². The highest BCUT2D eigenvalue weighted by Gasteiger charge is 2.34. The van der Waals surface area contributed by atoms with Crippen molar-refractivity contribution in [3.05, 3.63) is 71.1 Å². The van der Waals surface area contributed by atoms with Crippen LogP contribution in [0.4, 0.5) is 9.18 Å². The zero-order chi connectivity index (χ0) is 31.6. The van der Waals surface area contributed by atoms with Crippen LogP contribution in [0.1, 0.15) is 40.5 Å². The zero-order valence-corrected chi connectivity index (χ0v) is 25.1. The number of rotatable bonds is 6. The lowest BCUT2D eigenvalue weighted by Gasteiger charge is -2.29. The van der Waals surface area contributed by atoms with Crippen LogP contribution in [0.3, 0.4) is 0 Å². The number of amides is 2. The third-order valence-corrected chi connectivity index (χ3v) is 7.15. The monoisotopic (exact) mass is 587 g/mol. The molecule has 2 aliphatic rings. The van der Waals surface area contributed by atoms with Gasteiger partial charge in [-0.25, -0.2) is 9.18 Å². The predicted octanol–water partition coefficient (Wildman–Crippen LogP) is 3.51. The summed E-state index contributed by atoms with van der Waals surface area (Å²) < 4.78 is 32.2. The van der Waals surface area contributed by atoms with Gasteiger partial charge in [0.25, 0.3) is 5.91 Å². The third-order valence-electron chi connectivity index (χ3n) is 7.15. The number of hydrogen-bond acceptors (Lipinski definition) is 8. The number of fused-ring (bicyclic) bond motifs is 2. The van der Waals surface area contributed by atoms with Crippen molar-refractivity contribution in [1.29, 1.82) is 0 Å². The van der Waals surface area contributed by atoms with Crippen molar-refractivity contribution in [3.8, 4) is 0 Å². The maximum atomic E-state index is 15.8. The summed E-state index contributed by atoms with van der Waals surface area (Å²) in [7, 11) is 2.81. The molecule has 0 spiro atoms. The number of halogens is 1. The van der Waals surface area contributed by atoms with E-state index in [2.05, 4.69) is 17.2 Å². The van der Waals surface area contributed by atoms with Crippen molar-refractivity contribution in [1.82, 2.24) is 10.6 Å². The summed E-state index contributed by atoms with van der Waals surface area (Å²) in [5.74, 6) is -2.52. The van der Waals surface area contributed by atoms with Crippen LogP contribution >= 0.6 is 0 Å². The van der Waals surface area contributed by atoms with E-state index in [1.807, 2.05) is 6.92 Å². The fraction of sp³-hybridized carbons (Fsp3) is 0.484. The van der Waals surface area contributed by atoms with Gasteiger partial charge in [-0.2, -0.15) is 0 Å². The van der Waals surface area contributed by atoms with Crippen LogP contribution in [-0.2, 0) is 28.6 Å². The lowest BCUT2D eigenvalue weighted by atomic mass is 9.85. The highest BCUT2D eigenvalue weighted by molar-refractivity contribution is 6.23. The Kier molecular flexibility index (Phi) is 13.1. The second-order valence-electron chi connectivity index (χ2n) is 10.6. The van der Waals surface area contributed by atoms with E-state index >= 15 is 4.39 Å². The molecule has 0 aromatic carbocycles. The number of ether oxygens (including phenoxy) is 3. The second kappa shape index (κ2) is 16.0. The summed E-state index contributed by atoms with van der Waals surface area (Å²) in [6, 6.07) is 0. The van der Waals surface area contributed by atoms with Crippen LogP contribution in [-0.4, -0.2) is 68.8 Å².